The van der Waals surface area contributed by atoms with Crippen LogP contribution in [0.1, 0.15) is 55.7 Å². The summed E-state index contributed by atoms with van der Waals surface area (Å²) in [6.07, 6.45) is 7.57. The summed E-state index contributed by atoms with van der Waals surface area (Å²) in [5.74, 6) is 2.72. The number of nitrogens with zero attached hydrogens (tertiary/aromatic N) is 5. The number of rotatable bonds is 7. The van der Waals surface area contributed by atoms with Crippen LogP contribution in [0, 0.1) is 6.92 Å². The smallest absolute Gasteiger partial charge is 0.191 e. The molecule has 2 heterocycles. The van der Waals surface area contributed by atoms with Crippen molar-refractivity contribution in [3.05, 3.63) is 47.5 Å². The summed E-state index contributed by atoms with van der Waals surface area (Å²) in [7, 11) is 2.00. The van der Waals surface area contributed by atoms with Crippen LogP contribution in [0.2, 0.25) is 0 Å². The molecule has 170 valence electrons. The van der Waals surface area contributed by atoms with Gasteiger partial charge in [-0.3, -0.25) is 4.90 Å². The Morgan fingerprint density at radius 2 is 1.87 bits per heavy atom. The van der Waals surface area contributed by atoms with Crippen LogP contribution in [0.3, 0.4) is 0 Å². The summed E-state index contributed by atoms with van der Waals surface area (Å²) in [5.41, 5.74) is 1.39. The summed E-state index contributed by atoms with van der Waals surface area (Å²) in [4.78, 5) is 7.45. The Labute approximate surface area is 203 Å². The summed E-state index contributed by atoms with van der Waals surface area (Å²) >= 11 is 0. The van der Waals surface area contributed by atoms with Crippen molar-refractivity contribution >= 4 is 29.9 Å². The highest BCUT2D eigenvalue weighted by atomic mass is 127. The molecule has 4 rings (SSSR count). The van der Waals surface area contributed by atoms with Crippen molar-refractivity contribution in [3.8, 4) is 0 Å². The fraction of sp³-hybridized carbons (Fsp3) is 0.609. The lowest BCUT2D eigenvalue weighted by atomic mass is 10.2. The second-order valence-corrected chi connectivity index (χ2v) is 8.65. The van der Waals surface area contributed by atoms with Gasteiger partial charge in [0.1, 0.15) is 12.4 Å². The molecule has 2 N–H and O–H groups in total. The van der Waals surface area contributed by atoms with E-state index in [1.807, 2.05) is 18.5 Å². The van der Waals surface area contributed by atoms with E-state index in [4.69, 9.17) is 4.99 Å². The van der Waals surface area contributed by atoms with Gasteiger partial charge in [-0.2, -0.15) is 0 Å². The molecule has 0 radical (unpaired) electrons. The molecule has 2 aromatic rings. The van der Waals surface area contributed by atoms with Crippen molar-refractivity contribution in [3.63, 3.8) is 0 Å². The summed E-state index contributed by atoms with van der Waals surface area (Å²) in [6, 6.07) is 11.9. The van der Waals surface area contributed by atoms with Gasteiger partial charge in [0.2, 0.25) is 0 Å². The minimum absolute atomic E-state index is 0. The molecule has 1 aromatic carbocycles. The predicted molar refractivity (Wildman–Crippen MR) is 136 cm³/mol. The number of nitrogens with one attached hydrogen (secondary N) is 2. The average Bonchev–Trinajstić information content (AvgIpc) is 3.49. The number of guanidine groups is 1. The molecular weight excluding hydrogens is 501 g/mol. The predicted octanol–water partition coefficient (Wildman–Crippen LogP) is 3.38. The van der Waals surface area contributed by atoms with Crippen LogP contribution in [0.15, 0.2) is 35.3 Å². The first-order valence-electron chi connectivity index (χ1n) is 11.4. The quantitative estimate of drug-likeness (QED) is 0.322. The molecule has 1 aliphatic heterocycles. The lowest BCUT2D eigenvalue weighted by Crippen LogP contribution is -2.47. The maximum Gasteiger partial charge on any atom is 0.191 e. The summed E-state index contributed by atoms with van der Waals surface area (Å²) < 4.78 is 2.01. The Kier molecular flexibility index (Phi) is 9.13. The van der Waals surface area contributed by atoms with Crippen molar-refractivity contribution in [2.45, 2.75) is 70.6 Å². The van der Waals surface area contributed by atoms with Crippen molar-refractivity contribution in [1.82, 2.24) is 30.3 Å². The molecule has 1 aromatic heterocycles. The van der Waals surface area contributed by atoms with Crippen molar-refractivity contribution in [2.75, 3.05) is 13.1 Å². The van der Waals surface area contributed by atoms with E-state index in [2.05, 4.69) is 56.1 Å². The SMILES string of the molecule is Cc1nnc(CN=C(NCC2CCCN2Cc2ccccc2)NC2CCCC2)n1C.I. The Morgan fingerprint density at radius 3 is 2.58 bits per heavy atom. The van der Waals surface area contributed by atoms with Gasteiger partial charge < -0.3 is 15.2 Å². The third-order valence-electron chi connectivity index (χ3n) is 6.49. The third kappa shape index (κ3) is 6.65. The minimum Gasteiger partial charge on any atom is -0.355 e. The van der Waals surface area contributed by atoms with Gasteiger partial charge in [0, 0.05) is 32.2 Å². The first-order valence-corrected chi connectivity index (χ1v) is 11.4. The Bertz CT molecular complexity index is 830. The zero-order chi connectivity index (χ0) is 20.8. The normalized spacial score (nSPS) is 20.1. The van der Waals surface area contributed by atoms with Crippen LogP contribution in [-0.2, 0) is 20.1 Å². The van der Waals surface area contributed by atoms with Gasteiger partial charge in [0.25, 0.3) is 0 Å². The fourth-order valence-electron chi connectivity index (χ4n) is 4.52. The largest absolute Gasteiger partial charge is 0.355 e. The number of hydrogen-bond acceptors (Lipinski definition) is 4. The maximum absolute atomic E-state index is 4.85. The molecular formula is C23H36IN7. The average molecular weight is 537 g/mol. The zero-order valence-electron chi connectivity index (χ0n) is 18.8. The van der Waals surface area contributed by atoms with E-state index in [9.17, 15) is 0 Å². The number of aromatic nitrogens is 3. The second kappa shape index (κ2) is 11.8. The lowest BCUT2D eigenvalue weighted by molar-refractivity contribution is 0.245. The second-order valence-electron chi connectivity index (χ2n) is 8.65. The summed E-state index contributed by atoms with van der Waals surface area (Å²) in [5, 5.41) is 15.7. The van der Waals surface area contributed by atoms with Crippen molar-refractivity contribution in [2.24, 2.45) is 12.0 Å². The van der Waals surface area contributed by atoms with Gasteiger partial charge in [-0.25, -0.2) is 4.99 Å². The van der Waals surface area contributed by atoms with Gasteiger partial charge in [-0.05, 0) is 44.7 Å². The number of hydrogen-bond donors (Lipinski definition) is 2. The molecule has 1 unspecified atom stereocenters. The monoisotopic (exact) mass is 537 g/mol. The van der Waals surface area contributed by atoms with E-state index >= 15 is 0 Å². The van der Waals surface area contributed by atoms with E-state index in [1.54, 1.807) is 0 Å². The summed E-state index contributed by atoms with van der Waals surface area (Å²) in [6.45, 7) is 5.62. The molecule has 1 aliphatic carbocycles. The minimum atomic E-state index is 0. The van der Waals surface area contributed by atoms with Gasteiger partial charge in [-0.1, -0.05) is 43.2 Å². The van der Waals surface area contributed by atoms with E-state index in [-0.39, 0.29) is 24.0 Å². The Morgan fingerprint density at radius 1 is 1.10 bits per heavy atom. The third-order valence-corrected chi connectivity index (χ3v) is 6.49. The van der Waals surface area contributed by atoms with Crippen molar-refractivity contribution in [1.29, 1.82) is 0 Å². The molecule has 1 saturated carbocycles. The number of benzene rings is 1. The van der Waals surface area contributed by atoms with Gasteiger partial charge in [0.05, 0.1) is 0 Å². The van der Waals surface area contributed by atoms with E-state index < -0.39 is 0 Å². The van der Waals surface area contributed by atoms with Crippen LogP contribution in [0.5, 0.6) is 0 Å². The van der Waals surface area contributed by atoms with E-state index in [0.29, 0.717) is 18.6 Å². The standard InChI is InChI=1S/C23H35N7.HI/c1-18-27-28-22(29(18)2)16-25-23(26-20-11-6-7-12-20)24-15-21-13-8-14-30(21)17-19-9-4-3-5-10-19;/h3-5,9-10,20-21H,6-8,11-17H2,1-2H3,(H2,24,25,26);1H. The number of aryl methyl sites for hydroxylation is 1. The molecule has 2 fully saturated rings. The highest BCUT2D eigenvalue weighted by Crippen LogP contribution is 2.20. The molecule has 8 heteroatoms. The first kappa shape index (κ1) is 24.0. The lowest BCUT2D eigenvalue weighted by Gasteiger charge is -2.26. The molecule has 0 bridgehead atoms. The fourth-order valence-corrected chi connectivity index (χ4v) is 4.52. The van der Waals surface area contributed by atoms with E-state index in [1.165, 1.54) is 50.6 Å². The van der Waals surface area contributed by atoms with Crippen LogP contribution in [0.25, 0.3) is 0 Å². The molecule has 0 amide bonds. The zero-order valence-corrected chi connectivity index (χ0v) is 21.1. The maximum atomic E-state index is 4.85. The number of halogens is 1. The highest BCUT2D eigenvalue weighted by molar-refractivity contribution is 14.0. The highest BCUT2D eigenvalue weighted by Gasteiger charge is 2.25. The molecule has 2 aliphatic rings. The molecule has 31 heavy (non-hydrogen) atoms. The van der Waals surface area contributed by atoms with E-state index in [0.717, 1.165) is 30.7 Å². The van der Waals surface area contributed by atoms with Crippen LogP contribution in [-0.4, -0.2) is 50.8 Å². The Balaban J connectivity index is 0.00000272. The van der Waals surface area contributed by atoms with Gasteiger partial charge >= 0.3 is 0 Å². The molecule has 7 nitrogen and oxygen atoms in total. The van der Waals surface area contributed by atoms with Crippen LogP contribution < -0.4 is 10.6 Å². The van der Waals surface area contributed by atoms with Gasteiger partial charge in [0.15, 0.2) is 11.8 Å². The number of likely N-dealkylation sites (tertiary alicyclic amines) is 1. The Hall–Kier alpha value is -1.68. The number of aliphatic imine (C=N–C) groups is 1. The molecule has 1 saturated heterocycles. The first-order chi connectivity index (χ1) is 14.7. The molecule has 0 spiro atoms. The topological polar surface area (TPSA) is 70.4 Å². The van der Waals surface area contributed by atoms with Crippen molar-refractivity contribution < 1.29 is 0 Å². The van der Waals surface area contributed by atoms with Gasteiger partial charge in [-0.15, -0.1) is 34.2 Å². The van der Waals surface area contributed by atoms with Crippen LogP contribution >= 0.6 is 24.0 Å². The van der Waals surface area contributed by atoms with Crippen LogP contribution in [0.4, 0.5) is 0 Å². The molecule has 1 atom stereocenters.